The molecule has 1 heterocycles. The Morgan fingerprint density at radius 1 is 0.733 bits per heavy atom. The van der Waals surface area contributed by atoms with Crippen molar-refractivity contribution < 1.29 is 56.6 Å². The van der Waals surface area contributed by atoms with Gasteiger partial charge in [0.05, 0.1) is 17.4 Å². The van der Waals surface area contributed by atoms with Gasteiger partial charge in [0.15, 0.2) is 0 Å². The zero-order chi connectivity index (χ0) is 64.1. The highest BCUT2D eigenvalue weighted by Gasteiger charge is 2.42. The minimum absolute atomic E-state index is 0.0396. The van der Waals surface area contributed by atoms with Crippen molar-refractivity contribution in [2.24, 2.45) is 16.5 Å². The molecule has 0 saturated heterocycles. The summed E-state index contributed by atoms with van der Waals surface area (Å²) in [6.07, 6.45) is 0.199. The number of rotatable bonds is 27. The highest BCUT2D eigenvalue weighted by molar-refractivity contribution is 7.89. The van der Waals surface area contributed by atoms with Crippen molar-refractivity contribution >= 4 is 70.2 Å². The molecule has 0 fully saturated rings. The number of carbonyl (C=O) groups is 7. The van der Waals surface area contributed by atoms with Crippen LogP contribution in [0.1, 0.15) is 126 Å². The third-order valence-corrected chi connectivity index (χ3v) is 17.3. The van der Waals surface area contributed by atoms with E-state index in [0.29, 0.717) is 64.9 Å². The lowest BCUT2D eigenvalue weighted by atomic mass is 9.77. The normalized spacial score (nSPS) is 14.7. The standard InChI is InChI=1S/C62H86N10O12S2/c1-38-39(2)51(40(3)44-36-60(7,8)83-50(38)44)86(81,82)72(12)57(64)65-33-24-32-46(66-52(74)45(63)31-22-23-34-71(11)58(80)84-59(4,5)6)54(76)70-61(9,10)56(79)68-47(53(75)67-48(37-85)55(77)78)35-49(73)69-62(41-25-16-13-17-26-41,42-27-18-14-19-28-42)43-29-20-15-21-30-43/h13-21,25-30,45-48,85H,22-24,31-37,63H2,1-12H3,(H2,64,65)(H,66,74)(H,67,75)(H,68,79)(H,69,73)(H,70,76)(H,77,78)/t45-,46-,47-,48-/m0/s1. The summed E-state index contributed by atoms with van der Waals surface area (Å²) in [5.74, 6) is -5.78. The first-order valence-corrected chi connectivity index (χ1v) is 30.6. The second kappa shape index (κ2) is 29.1. The minimum atomic E-state index is -4.26. The number of amides is 6. The van der Waals surface area contributed by atoms with E-state index < -0.39 is 104 Å². The van der Waals surface area contributed by atoms with Crippen LogP contribution in [0, 0.1) is 20.8 Å². The molecule has 1 aliphatic rings. The molecule has 468 valence electrons. The van der Waals surface area contributed by atoms with Crippen molar-refractivity contribution in [3.63, 3.8) is 0 Å². The molecule has 4 atom stereocenters. The van der Waals surface area contributed by atoms with Crippen molar-refractivity contribution in [1.82, 2.24) is 35.8 Å². The predicted molar refractivity (Wildman–Crippen MR) is 332 cm³/mol. The van der Waals surface area contributed by atoms with E-state index in [1.807, 2.05) is 105 Å². The number of fused-ring (bicyclic) bond motifs is 1. The van der Waals surface area contributed by atoms with E-state index in [-0.39, 0.29) is 42.4 Å². The molecule has 24 heteroatoms. The number of guanidine groups is 1. The number of nitrogens with one attached hydrogen (secondary N) is 5. The summed E-state index contributed by atoms with van der Waals surface area (Å²) >= 11 is 4.09. The zero-order valence-corrected chi connectivity index (χ0v) is 53.0. The van der Waals surface area contributed by atoms with E-state index >= 15 is 0 Å². The van der Waals surface area contributed by atoms with Crippen molar-refractivity contribution in [3.8, 4) is 5.75 Å². The number of ether oxygens (including phenoxy) is 2. The molecule has 0 aliphatic carbocycles. The molecule has 1 aliphatic heterocycles. The van der Waals surface area contributed by atoms with E-state index in [1.54, 1.807) is 48.6 Å². The van der Waals surface area contributed by atoms with Crippen LogP contribution in [0.2, 0.25) is 0 Å². The number of nitrogens with zero attached hydrogens (tertiary/aromatic N) is 3. The van der Waals surface area contributed by atoms with Gasteiger partial charge in [-0.05, 0) is 135 Å². The number of nitrogens with two attached hydrogens (primary N) is 2. The molecule has 5 rings (SSSR count). The molecule has 4 aromatic carbocycles. The van der Waals surface area contributed by atoms with Crippen LogP contribution in [0.3, 0.4) is 0 Å². The molecule has 6 amide bonds. The predicted octanol–water partition coefficient (Wildman–Crippen LogP) is 5.27. The van der Waals surface area contributed by atoms with Gasteiger partial charge in [0, 0.05) is 44.9 Å². The van der Waals surface area contributed by atoms with E-state index in [2.05, 4.69) is 44.2 Å². The molecule has 0 spiro atoms. The van der Waals surface area contributed by atoms with E-state index in [0.717, 1.165) is 9.87 Å². The average molecular weight is 1230 g/mol. The van der Waals surface area contributed by atoms with Crippen molar-refractivity contribution in [2.45, 2.75) is 166 Å². The molecule has 0 radical (unpaired) electrons. The number of unbranched alkanes of at least 4 members (excludes halogenated alkanes) is 1. The minimum Gasteiger partial charge on any atom is -0.487 e. The van der Waals surface area contributed by atoms with E-state index in [9.17, 15) is 47.1 Å². The molecular weight excluding hydrogens is 1140 g/mol. The fraction of sp³-hybridized carbons (Fsp3) is 0.484. The lowest BCUT2D eigenvalue weighted by Gasteiger charge is -2.37. The fourth-order valence-corrected chi connectivity index (χ4v) is 11.9. The maximum atomic E-state index is 14.7. The number of benzene rings is 4. The van der Waals surface area contributed by atoms with Crippen LogP contribution in [0.4, 0.5) is 4.79 Å². The van der Waals surface area contributed by atoms with Crippen LogP contribution in [-0.4, -0.2) is 144 Å². The molecule has 86 heavy (non-hydrogen) atoms. The van der Waals surface area contributed by atoms with Crippen LogP contribution in [-0.2, 0) is 55.5 Å². The topological polar surface area (TPSA) is 323 Å². The van der Waals surface area contributed by atoms with Crippen molar-refractivity contribution in [3.05, 3.63) is 130 Å². The lowest BCUT2D eigenvalue weighted by molar-refractivity contribution is -0.142. The third-order valence-electron chi connectivity index (χ3n) is 14.9. The average Bonchev–Trinajstić information content (AvgIpc) is 1.77. The largest absolute Gasteiger partial charge is 0.487 e. The molecule has 0 unspecified atom stereocenters. The van der Waals surface area contributed by atoms with E-state index in [1.165, 1.54) is 25.8 Å². The Morgan fingerprint density at radius 2 is 1.27 bits per heavy atom. The van der Waals surface area contributed by atoms with Gasteiger partial charge >= 0.3 is 12.1 Å². The molecule has 0 bridgehead atoms. The van der Waals surface area contributed by atoms with Crippen LogP contribution in [0.5, 0.6) is 5.75 Å². The van der Waals surface area contributed by atoms with Gasteiger partial charge in [-0.2, -0.15) is 12.6 Å². The first-order chi connectivity index (χ1) is 40.2. The summed E-state index contributed by atoms with van der Waals surface area (Å²) in [4.78, 5) is 102. The summed E-state index contributed by atoms with van der Waals surface area (Å²) in [6.45, 7) is 17.2. The molecular formula is C62H86N10O12S2. The van der Waals surface area contributed by atoms with Gasteiger partial charge in [-0.3, -0.25) is 29.0 Å². The Kier molecular flexibility index (Phi) is 23.4. The Balaban J connectivity index is 1.39. The number of carboxylic acid groups (broad SMARTS) is 1. The summed E-state index contributed by atoms with van der Waals surface area (Å²) in [6, 6.07) is 21.6. The zero-order valence-electron chi connectivity index (χ0n) is 51.3. The number of carboxylic acids is 1. The lowest BCUT2D eigenvalue weighted by Crippen LogP contribution is -2.63. The number of sulfonamides is 1. The Hall–Kier alpha value is -7.70. The van der Waals surface area contributed by atoms with Gasteiger partial charge in [0.2, 0.25) is 35.5 Å². The van der Waals surface area contributed by atoms with Crippen LogP contribution in [0.15, 0.2) is 101 Å². The van der Waals surface area contributed by atoms with Crippen molar-refractivity contribution in [2.75, 3.05) is 32.9 Å². The molecule has 0 saturated carbocycles. The molecule has 4 aromatic rings. The van der Waals surface area contributed by atoms with Crippen LogP contribution in [0.25, 0.3) is 0 Å². The number of hydrogen-bond acceptors (Lipinski definition) is 14. The first kappa shape index (κ1) is 69.1. The number of thiol groups is 1. The van der Waals surface area contributed by atoms with Gasteiger partial charge < -0.3 is 57.5 Å². The summed E-state index contributed by atoms with van der Waals surface area (Å²) in [7, 11) is -1.38. The summed E-state index contributed by atoms with van der Waals surface area (Å²) < 4.78 is 41.1. The molecule has 10 N–H and O–H groups in total. The number of aliphatic carboxylic acids is 1. The monoisotopic (exact) mass is 1230 g/mol. The van der Waals surface area contributed by atoms with Gasteiger partial charge in [-0.15, -0.1) is 0 Å². The second-order valence-corrected chi connectivity index (χ2v) is 26.1. The van der Waals surface area contributed by atoms with Crippen molar-refractivity contribution in [1.29, 1.82) is 0 Å². The fourth-order valence-electron chi connectivity index (χ4n) is 9.99. The Labute approximate surface area is 510 Å². The van der Waals surface area contributed by atoms with Gasteiger partial charge in [0.25, 0.3) is 10.0 Å². The van der Waals surface area contributed by atoms with E-state index in [4.69, 9.17) is 20.9 Å². The maximum Gasteiger partial charge on any atom is 0.410 e. The Bertz CT molecular complexity index is 3130. The second-order valence-electron chi connectivity index (χ2n) is 23.8. The number of aliphatic imine (C=N–C) groups is 1. The molecule has 0 aromatic heterocycles. The van der Waals surface area contributed by atoms with Gasteiger partial charge in [-0.25, -0.2) is 22.3 Å². The van der Waals surface area contributed by atoms with Gasteiger partial charge in [0.1, 0.15) is 46.2 Å². The third kappa shape index (κ3) is 17.5. The Morgan fingerprint density at radius 3 is 1.78 bits per heavy atom. The quantitative estimate of drug-likeness (QED) is 0.0121. The number of carbonyl (C=O) groups excluding carboxylic acids is 6. The smallest absolute Gasteiger partial charge is 0.410 e. The summed E-state index contributed by atoms with van der Waals surface area (Å²) in [5, 5.41) is 23.3. The first-order valence-electron chi connectivity index (χ1n) is 28.5. The highest BCUT2D eigenvalue weighted by Crippen LogP contribution is 2.44. The SMILES string of the molecule is Cc1c(C)c(S(=O)(=O)N(C)C(N)=NCCC[C@H](NC(=O)[C@@H](N)CCCCN(C)C(=O)OC(C)(C)C)C(=O)NC(C)(C)C(=O)N[C@@H](CC(=O)NC(c2ccccc2)(c2ccccc2)c2ccccc2)C(=O)N[C@@H](CS)C(=O)O)c(C)c2c1OC(C)(C)C2. The molecule has 22 nitrogen and oxygen atoms in total. The van der Waals surface area contributed by atoms with Crippen LogP contribution >= 0.6 is 12.6 Å². The highest BCUT2D eigenvalue weighted by atomic mass is 32.2. The van der Waals surface area contributed by atoms with Crippen LogP contribution < -0.4 is 42.8 Å². The number of hydrogen-bond donors (Lipinski definition) is 9. The van der Waals surface area contributed by atoms with Gasteiger partial charge in [-0.1, -0.05) is 91.0 Å². The maximum absolute atomic E-state index is 14.7. The summed E-state index contributed by atoms with van der Waals surface area (Å²) in [5.41, 5.74) is 12.8.